The van der Waals surface area contributed by atoms with Crippen molar-refractivity contribution < 1.29 is 4.79 Å². The molecule has 2 heterocycles. The van der Waals surface area contributed by atoms with Crippen LogP contribution in [0.2, 0.25) is 0 Å². The third-order valence-corrected chi connectivity index (χ3v) is 4.23. The van der Waals surface area contributed by atoms with E-state index in [0.717, 1.165) is 33.3 Å². The minimum absolute atomic E-state index is 0.0821. The molecule has 0 saturated heterocycles. The number of carbonyl (C=O) groups excluding carboxylic acids is 1. The van der Waals surface area contributed by atoms with Crippen LogP contribution in [0.1, 0.15) is 17.3 Å². The maximum absolute atomic E-state index is 11.9. The summed E-state index contributed by atoms with van der Waals surface area (Å²) in [6.07, 6.45) is 5.66. The van der Waals surface area contributed by atoms with E-state index in [2.05, 4.69) is 33.8 Å². The fourth-order valence-electron chi connectivity index (χ4n) is 3.07. The topological polar surface area (TPSA) is 34.9 Å². The number of fused-ring (bicyclic) bond motifs is 1. The molecule has 2 aromatic carbocycles. The number of pyridine rings is 1. The second-order valence-corrected chi connectivity index (χ2v) is 5.77. The number of rotatable bonds is 3. The summed E-state index contributed by atoms with van der Waals surface area (Å²) in [6.45, 7) is 1.61. The Hall–Kier alpha value is -3.20. The lowest BCUT2D eigenvalue weighted by atomic mass is 9.97. The minimum atomic E-state index is 0.0821. The highest BCUT2D eigenvalue weighted by atomic mass is 16.1. The van der Waals surface area contributed by atoms with E-state index in [9.17, 15) is 4.79 Å². The van der Waals surface area contributed by atoms with Crippen LogP contribution in [0, 0.1) is 0 Å². The van der Waals surface area contributed by atoms with E-state index >= 15 is 0 Å². The molecule has 0 radical (unpaired) electrons. The van der Waals surface area contributed by atoms with Crippen molar-refractivity contribution in [2.45, 2.75) is 6.92 Å². The quantitative estimate of drug-likeness (QED) is 0.505. The summed E-state index contributed by atoms with van der Waals surface area (Å²) in [7, 11) is 0. The van der Waals surface area contributed by atoms with Crippen molar-refractivity contribution in [1.29, 1.82) is 0 Å². The van der Waals surface area contributed by atoms with Gasteiger partial charge in [-0.1, -0.05) is 30.3 Å². The van der Waals surface area contributed by atoms with Crippen molar-refractivity contribution in [3.8, 4) is 16.8 Å². The van der Waals surface area contributed by atoms with Crippen LogP contribution in [0.15, 0.2) is 79.3 Å². The van der Waals surface area contributed by atoms with Gasteiger partial charge in [-0.05, 0) is 48.4 Å². The van der Waals surface area contributed by atoms with E-state index in [4.69, 9.17) is 0 Å². The number of hydrogen-bond acceptors (Lipinski definition) is 2. The van der Waals surface area contributed by atoms with Crippen molar-refractivity contribution in [3.05, 3.63) is 84.8 Å². The molecule has 0 spiro atoms. The molecule has 3 heteroatoms. The first kappa shape index (κ1) is 14.4. The third kappa shape index (κ3) is 2.40. The molecule has 0 amide bonds. The molecule has 0 bridgehead atoms. The van der Waals surface area contributed by atoms with Gasteiger partial charge in [0, 0.05) is 23.3 Å². The molecule has 4 aromatic rings. The Morgan fingerprint density at radius 2 is 1.88 bits per heavy atom. The average Bonchev–Trinajstić information content (AvgIpc) is 3.05. The lowest BCUT2D eigenvalue weighted by molar-refractivity contribution is 0.101. The van der Waals surface area contributed by atoms with E-state index in [1.165, 1.54) is 0 Å². The summed E-state index contributed by atoms with van der Waals surface area (Å²) in [5, 5.41) is 1.13. The number of ketones is 1. The van der Waals surface area contributed by atoms with Crippen LogP contribution in [0.4, 0.5) is 0 Å². The van der Waals surface area contributed by atoms with Gasteiger partial charge in [-0.3, -0.25) is 9.78 Å². The van der Waals surface area contributed by atoms with Crippen LogP contribution < -0.4 is 0 Å². The maximum atomic E-state index is 11.9. The molecule has 4 rings (SSSR count). The van der Waals surface area contributed by atoms with Crippen LogP contribution >= 0.6 is 0 Å². The zero-order chi connectivity index (χ0) is 16.5. The number of aromatic nitrogens is 2. The van der Waals surface area contributed by atoms with Gasteiger partial charge in [0.15, 0.2) is 5.78 Å². The molecule has 24 heavy (non-hydrogen) atoms. The first-order valence-electron chi connectivity index (χ1n) is 7.86. The third-order valence-electron chi connectivity index (χ3n) is 4.23. The molecule has 0 N–H and O–H groups in total. The number of benzene rings is 2. The highest BCUT2D eigenvalue weighted by Crippen LogP contribution is 2.29. The van der Waals surface area contributed by atoms with Crippen molar-refractivity contribution in [3.63, 3.8) is 0 Å². The Kier molecular flexibility index (Phi) is 3.47. The zero-order valence-electron chi connectivity index (χ0n) is 13.3. The summed E-state index contributed by atoms with van der Waals surface area (Å²) in [5.74, 6) is 0.0821. The van der Waals surface area contributed by atoms with Crippen LogP contribution in [-0.4, -0.2) is 15.3 Å². The molecular weight excluding hydrogens is 296 g/mol. The maximum Gasteiger partial charge on any atom is 0.160 e. The molecule has 0 unspecified atom stereocenters. The standard InChI is InChI=1S/C21H16N2O/c1-15(24)19-6-2-3-7-20(19)16-8-9-21-17(13-16)10-12-23(21)18-5-4-11-22-14-18/h2-14H,1H3. The van der Waals surface area contributed by atoms with Crippen molar-refractivity contribution in [1.82, 2.24) is 9.55 Å². The number of hydrogen-bond donors (Lipinski definition) is 0. The molecule has 116 valence electrons. The average molecular weight is 312 g/mol. The highest BCUT2D eigenvalue weighted by Gasteiger charge is 2.10. The Morgan fingerprint density at radius 1 is 1.00 bits per heavy atom. The van der Waals surface area contributed by atoms with Gasteiger partial charge in [-0.25, -0.2) is 0 Å². The predicted octanol–water partition coefficient (Wildman–Crippen LogP) is 4.90. The monoisotopic (exact) mass is 312 g/mol. The summed E-state index contributed by atoms with van der Waals surface area (Å²) < 4.78 is 2.11. The number of nitrogens with zero attached hydrogens (tertiary/aromatic N) is 2. The van der Waals surface area contributed by atoms with Gasteiger partial charge in [0.25, 0.3) is 0 Å². The van der Waals surface area contributed by atoms with Gasteiger partial charge in [-0.15, -0.1) is 0 Å². The normalized spacial score (nSPS) is 10.9. The van der Waals surface area contributed by atoms with Crippen molar-refractivity contribution in [2.24, 2.45) is 0 Å². The summed E-state index contributed by atoms with van der Waals surface area (Å²) in [6, 6.07) is 20.1. The largest absolute Gasteiger partial charge is 0.315 e. The van der Waals surface area contributed by atoms with Gasteiger partial charge in [0.2, 0.25) is 0 Å². The molecule has 0 atom stereocenters. The van der Waals surface area contributed by atoms with Crippen LogP contribution in [-0.2, 0) is 0 Å². The molecule has 0 saturated carbocycles. The zero-order valence-corrected chi connectivity index (χ0v) is 13.3. The van der Waals surface area contributed by atoms with E-state index in [0.29, 0.717) is 0 Å². The van der Waals surface area contributed by atoms with Gasteiger partial charge >= 0.3 is 0 Å². The van der Waals surface area contributed by atoms with Gasteiger partial charge in [0.05, 0.1) is 17.4 Å². The van der Waals surface area contributed by atoms with Crippen LogP contribution in [0.5, 0.6) is 0 Å². The highest BCUT2D eigenvalue weighted by molar-refractivity contribution is 6.01. The van der Waals surface area contributed by atoms with Crippen molar-refractivity contribution in [2.75, 3.05) is 0 Å². The van der Waals surface area contributed by atoms with Gasteiger partial charge < -0.3 is 4.57 Å². The summed E-state index contributed by atoms with van der Waals surface area (Å²) >= 11 is 0. The Bertz CT molecular complexity index is 1030. The predicted molar refractivity (Wildman–Crippen MR) is 96.5 cm³/mol. The Morgan fingerprint density at radius 3 is 2.67 bits per heavy atom. The molecule has 2 aromatic heterocycles. The van der Waals surface area contributed by atoms with Gasteiger partial charge in [-0.2, -0.15) is 0 Å². The molecule has 0 fully saturated rings. The first-order chi connectivity index (χ1) is 11.7. The molecule has 3 nitrogen and oxygen atoms in total. The Balaban J connectivity index is 1.86. The van der Waals surface area contributed by atoms with E-state index in [-0.39, 0.29) is 5.78 Å². The second-order valence-electron chi connectivity index (χ2n) is 5.77. The fourth-order valence-corrected chi connectivity index (χ4v) is 3.07. The number of Topliss-reactive ketones (excluding diaryl/α,β-unsaturated/α-hetero) is 1. The minimum Gasteiger partial charge on any atom is -0.315 e. The number of carbonyl (C=O) groups is 1. The SMILES string of the molecule is CC(=O)c1ccccc1-c1ccc2c(ccn2-c2cccnc2)c1. The summed E-state index contributed by atoms with van der Waals surface area (Å²) in [4.78, 5) is 16.1. The summed E-state index contributed by atoms with van der Waals surface area (Å²) in [5.41, 5.74) is 4.93. The van der Waals surface area contributed by atoms with Crippen LogP contribution in [0.3, 0.4) is 0 Å². The van der Waals surface area contributed by atoms with Crippen LogP contribution in [0.25, 0.3) is 27.7 Å². The molecule has 0 aliphatic heterocycles. The van der Waals surface area contributed by atoms with Crippen molar-refractivity contribution >= 4 is 16.7 Å². The molecular formula is C21H16N2O. The van der Waals surface area contributed by atoms with Gasteiger partial charge in [0.1, 0.15) is 0 Å². The van der Waals surface area contributed by atoms with E-state index < -0.39 is 0 Å². The second kappa shape index (κ2) is 5.78. The molecule has 0 aliphatic carbocycles. The first-order valence-corrected chi connectivity index (χ1v) is 7.86. The fraction of sp³-hybridized carbons (Fsp3) is 0.0476. The Labute approximate surface area is 140 Å². The van der Waals surface area contributed by atoms with E-state index in [1.54, 1.807) is 13.1 Å². The molecule has 0 aliphatic rings. The van der Waals surface area contributed by atoms with E-state index in [1.807, 2.05) is 48.8 Å². The smallest absolute Gasteiger partial charge is 0.160 e. The lowest BCUT2D eigenvalue weighted by Crippen LogP contribution is -1.96. The lowest BCUT2D eigenvalue weighted by Gasteiger charge is -2.09.